The van der Waals surface area contributed by atoms with E-state index in [1.54, 1.807) is 0 Å². The molecule has 0 aromatic rings. The first-order chi connectivity index (χ1) is 31.2. The lowest BCUT2D eigenvalue weighted by Crippen LogP contribution is -2.60. The number of rotatable bonds is 44. The van der Waals surface area contributed by atoms with Gasteiger partial charge in [0.2, 0.25) is 5.91 Å². The highest BCUT2D eigenvalue weighted by Crippen LogP contribution is 2.23. The molecule has 9 atom stereocenters. The Morgan fingerprint density at radius 3 is 1.44 bits per heavy atom. The SMILES string of the molecule is CCCCCCCCCC/C=C/CCCC(O)C(O)C(COC1OC(CO)C(O)C(O)C1O)NC(=O)C(O)CCCCCCCCCC/C=C\C/C=C\CCCCCCCCCCC. The second kappa shape index (κ2) is 42.7. The van der Waals surface area contributed by atoms with Gasteiger partial charge in [0.15, 0.2) is 6.29 Å². The molecule has 0 spiro atoms. The number of amides is 1. The number of hydrogen-bond donors (Lipinski definition) is 8. The number of ether oxygens (including phenoxy) is 2. The van der Waals surface area contributed by atoms with E-state index in [1.807, 2.05) is 0 Å². The van der Waals surface area contributed by atoms with Crippen LogP contribution < -0.4 is 5.32 Å². The van der Waals surface area contributed by atoms with E-state index in [1.165, 1.54) is 135 Å². The Balaban J connectivity index is 2.35. The fraction of sp³-hybridized carbons (Fsp3) is 0.868. The van der Waals surface area contributed by atoms with Gasteiger partial charge in [-0.05, 0) is 70.6 Å². The largest absolute Gasteiger partial charge is 0.394 e. The van der Waals surface area contributed by atoms with Gasteiger partial charge >= 0.3 is 0 Å². The van der Waals surface area contributed by atoms with Crippen LogP contribution in [0, 0.1) is 0 Å². The van der Waals surface area contributed by atoms with Gasteiger partial charge in [0.25, 0.3) is 0 Å². The first kappa shape index (κ1) is 60.3. The summed E-state index contributed by atoms with van der Waals surface area (Å²) in [6.45, 7) is 3.42. The topological polar surface area (TPSA) is 189 Å². The van der Waals surface area contributed by atoms with Gasteiger partial charge in [-0.1, -0.05) is 192 Å². The number of hydrogen-bond acceptors (Lipinski definition) is 10. The minimum absolute atomic E-state index is 0.247. The van der Waals surface area contributed by atoms with Crippen LogP contribution in [0.15, 0.2) is 36.5 Å². The van der Waals surface area contributed by atoms with Crippen molar-refractivity contribution in [3.8, 4) is 0 Å². The molecule has 11 heteroatoms. The lowest BCUT2D eigenvalue weighted by atomic mass is 9.98. The summed E-state index contributed by atoms with van der Waals surface area (Å²) < 4.78 is 11.1. The average molecular weight is 910 g/mol. The van der Waals surface area contributed by atoms with Crippen molar-refractivity contribution in [3.05, 3.63) is 36.5 Å². The van der Waals surface area contributed by atoms with Crippen molar-refractivity contribution < 1.29 is 50.0 Å². The van der Waals surface area contributed by atoms with Gasteiger partial charge in [0, 0.05) is 0 Å². The van der Waals surface area contributed by atoms with Crippen LogP contribution in [0.4, 0.5) is 0 Å². The molecule has 1 saturated heterocycles. The van der Waals surface area contributed by atoms with Crippen LogP contribution in [0.5, 0.6) is 0 Å². The van der Waals surface area contributed by atoms with Gasteiger partial charge < -0.3 is 50.5 Å². The smallest absolute Gasteiger partial charge is 0.249 e. The molecule has 0 saturated carbocycles. The maximum Gasteiger partial charge on any atom is 0.249 e. The second-order valence-corrected chi connectivity index (χ2v) is 18.6. The zero-order valence-corrected chi connectivity index (χ0v) is 40.8. The number of unbranched alkanes of at least 4 members (excludes halogenated alkanes) is 26. The van der Waals surface area contributed by atoms with Crippen LogP contribution in [-0.2, 0) is 14.3 Å². The predicted molar refractivity (Wildman–Crippen MR) is 261 cm³/mol. The van der Waals surface area contributed by atoms with Crippen LogP contribution >= 0.6 is 0 Å². The molecule has 0 aliphatic carbocycles. The highest BCUT2D eigenvalue weighted by atomic mass is 16.7. The van der Waals surface area contributed by atoms with Gasteiger partial charge in [-0.15, -0.1) is 0 Å². The highest BCUT2D eigenvalue weighted by Gasteiger charge is 2.44. The molecule has 1 heterocycles. The Morgan fingerprint density at radius 1 is 0.547 bits per heavy atom. The molecule has 376 valence electrons. The highest BCUT2D eigenvalue weighted by molar-refractivity contribution is 5.80. The summed E-state index contributed by atoms with van der Waals surface area (Å²) in [7, 11) is 0. The summed E-state index contributed by atoms with van der Waals surface area (Å²) in [5, 5.41) is 75.8. The van der Waals surface area contributed by atoms with E-state index in [9.17, 15) is 40.5 Å². The molecule has 64 heavy (non-hydrogen) atoms. The molecule has 1 rings (SSSR count). The van der Waals surface area contributed by atoms with Crippen molar-refractivity contribution in [1.82, 2.24) is 5.32 Å². The molecule has 1 aliphatic heterocycles. The van der Waals surface area contributed by atoms with E-state index >= 15 is 0 Å². The zero-order valence-electron chi connectivity index (χ0n) is 40.8. The molecular weight excluding hydrogens is 811 g/mol. The molecule has 1 fully saturated rings. The van der Waals surface area contributed by atoms with E-state index < -0.39 is 74.2 Å². The third kappa shape index (κ3) is 31.3. The van der Waals surface area contributed by atoms with Crippen molar-refractivity contribution in [2.75, 3.05) is 13.2 Å². The van der Waals surface area contributed by atoms with E-state index in [2.05, 4.69) is 55.6 Å². The number of aliphatic hydroxyl groups is 7. The number of aliphatic hydroxyl groups excluding tert-OH is 7. The van der Waals surface area contributed by atoms with Crippen LogP contribution in [0.25, 0.3) is 0 Å². The quantitative estimate of drug-likeness (QED) is 0.0216. The van der Waals surface area contributed by atoms with Gasteiger partial charge in [-0.2, -0.15) is 0 Å². The molecule has 1 aliphatic rings. The second-order valence-electron chi connectivity index (χ2n) is 18.6. The summed E-state index contributed by atoms with van der Waals surface area (Å²) in [6.07, 6.45) is 39.1. The maximum absolute atomic E-state index is 13.1. The molecule has 0 aromatic heterocycles. The maximum atomic E-state index is 13.1. The Kier molecular flexibility index (Phi) is 40.2. The first-order valence-corrected chi connectivity index (χ1v) is 26.4. The Hall–Kier alpha value is -1.67. The fourth-order valence-electron chi connectivity index (χ4n) is 8.29. The van der Waals surface area contributed by atoms with Crippen LogP contribution in [0.3, 0.4) is 0 Å². The lowest BCUT2D eigenvalue weighted by Gasteiger charge is -2.40. The summed E-state index contributed by atoms with van der Waals surface area (Å²) >= 11 is 0. The Morgan fingerprint density at radius 2 is 0.969 bits per heavy atom. The molecule has 11 nitrogen and oxygen atoms in total. The molecule has 0 bridgehead atoms. The Labute approximate surface area is 390 Å². The van der Waals surface area contributed by atoms with E-state index in [0.29, 0.717) is 12.8 Å². The average Bonchev–Trinajstić information content (AvgIpc) is 3.29. The monoisotopic (exact) mass is 910 g/mol. The van der Waals surface area contributed by atoms with Crippen LogP contribution in [0.1, 0.15) is 226 Å². The first-order valence-electron chi connectivity index (χ1n) is 26.4. The van der Waals surface area contributed by atoms with Gasteiger partial charge in [-0.3, -0.25) is 4.79 Å². The standard InChI is InChI=1S/C53H99NO10/c1-3-5-7-9-11-13-15-17-18-19-20-21-22-23-24-25-26-27-29-31-33-35-37-39-41-46(57)52(62)54-44(43-63-53-51(61)50(60)49(59)47(42-55)64-53)48(58)45(56)40-38-36-34-32-30-28-16-14-12-10-8-6-4-2/h20-21,23-24,32,34,44-51,53,55-61H,3-19,22,25-31,33,35-43H2,1-2H3,(H,54,62)/b21-20-,24-23-,34-32+. The number of carbonyl (C=O) groups is 1. The predicted octanol–water partition coefficient (Wildman–Crippen LogP) is 9.95. The summed E-state index contributed by atoms with van der Waals surface area (Å²) in [4.78, 5) is 13.1. The fourth-order valence-corrected chi connectivity index (χ4v) is 8.29. The van der Waals surface area contributed by atoms with Crippen LogP contribution in [-0.4, -0.2) is 110 Å². The lowest BCUT2D eigenvalue weighted by molar-refractivity contribution is -0.303. The van der Waals surface area contributed by atoms with Crippen molar-refractivity contribution >= 4 is 5.91 Å². The zero-order chi connectivity index (χ0) is 46.9. The van der Waals surface area contributed by atoms with Gasteiger partial charge in [0.05, 0.1) is 25.4 Å². The molecule has 0 radical (unpaired) electrons. The Bertz CT molecular complexity index is 1130. The summed E-state index contributed by atoms with van der Waals surface area (Å²) in [5.74, 6) is -0.711. The molecule has 0 aromatic carbocycles. The number of carbonyl (C=O) groups excluding carboxylic acids is 1. The molecule has 1 amide bonds. The third-order valence-corrected chi connectivity index (χ3v) is 12.7. The van der Waals surface area contributed by atoms with E-state index in [4.69, 9.17) is 9.47 Å². The molecule has 9 unspecified atom stereocenters. The van der Waals surface area contributed by atoms with Gasteiger partial charge in [0.1, 0.15) is 36.6 Å². The number of allylic oxidation sites excluding steroid dienone is 6. The van der Waals surface area contributed by atoms with E-state index in [0.717, 1.165) is 51.4 Å². The minimum atomic E-state index is -1.67. The van der Waals surface area contributed by atoms with Crippen molar-refractivity contribution in [1.29, 1.82) is 0 Å². The molecule has 8 N–H and O–H groups in total. The molecular formula is C53H99NO10. The van der Waals surface area contributed by atoms with Crippen molar-refractivity contribution in [2.24, 2.45) is 0 Å². The minimum Gasteiger partial charge on any atom is -0.394 e. The normalized spacial score (nSPS) is 21.3. The third-order valence-electron chi connectivity index (χ3n) is 12.7. The van der Waals surface area contributed by atoms with E-state index in [-0.39, 0.29) is 12.8 Å². The van der Waals surface area contributed by atoms with Gasteiger partial charge in [-0.25, -0.2) is 0 Å². The number of nitrogens with one attached hydrogen (secondary N) is 1. The summed E-state index contributed by atoms with van der Waals surface area (Å²) in [5.41, 5.74) is 0. The van der Waals surface area contributed by atoms with Crippen molar-refractivity contribution in [2.45, 2.75) is 281 Å². The van der Waals surface area contributed by atoms with Crippen LogP contribution in [0.2, 0.25) is 0 Å². The summed E-state index contributed by atoms with van der Waals surface area (Å²) in [6, 6.07) is -1.19. The van der Waals surface area contributed by atoms with Crippen molar-refractivity contribution in [3.63, 3.8) is 0 Å².